The van der Waals surface area contributed by atoms with E-state index in [-0.39, 0.29) is 24.3 Å². The number of phenols is 1. The van der Waals surface area contributed by atoms with Gasteiger partial charge in [-0.15, -0.1) is 0 Å². The predicted octanol–water partition coefficient (Wildman–Crippen LogP) is 0.151. The largest absolute Gasteiger partial charge is 0.508 e. The van der Waals surface area contributed by atoms with Crippen molar-refractivity contribution >= 4 is 15.8 Å². The van der Waals surface area contributed by atoms with Crippen molar-refractivity contribution in [2.75, 3.05) is 11.5 Å². The SMILES string of the molecule is NC1CCS(=O)(=O)CC1(Cc1ccc(O)cc1)C(=O)O. The van der Waals surface area contributed by atoms with E-state index in [0.717, 1.165) is 0 Å². The maximum absolute atomic E-state index is 11.8. The Morgan fingerprint density at radius 3 is 2.50 bits per heavy atom. The van der Waals surface area contributed by atoms with E-state index in [2.05, 4.69) is 0 Å². The van der Waals surface area contributed by atoms with Crippen molar-refractivity contribution < 1.29 is 23.4 Å². The Labute approximate surface area is 117 Å². The second-order valence-corrected chi connectivity index (χ2v) is 7.48. The summed E-state index contributed by atoms with van der Waals surface area (Å²) in [4.78, 5) is 11.7. The number of hydrogen-bond acceptors (Lipinski definition) is 5. The molecule has 0 saturated carbocycles. The molecule has 0 aliphatic carbocycles. The van der Waals surface area contributed by atoms with Crippen LogP contribution >= 0.6 is 0 Å². The van der Waals surface area contributed by atoms with E-state index < -0.39 is 33.0 Å². The van der Waals surface area contributed by atoms with Gasteiger partial charge in [-0.25, -0.2) is 8.42 Å². The zero-order valence-electron chi connectivity index (χ0n) is 10.8. The summed E-state index contributed by atoms with van der Waals surface area (Å²) in [6.07, 6.45) is 0.176. The molecule has 20 heavy (non-hydrogen) atoms. The summed E-state index contributed by atoms with van der Waals surface area (Å²) in [5.41, 5.74) is 5.05. The quantitative estimate of drug-likeness (QED) is 0.731. The molecule has 1 aliphatic rings. The molecule has 1 aromatic carbocycles. The fourth-order valence-corrected chi connectivity index (χ4v) is 4.59. The van der Waals surface area contributed by atoms with Crippen LogP contribution in [0.5, 0.6) is 5.75 Å². The molecule has 0 bridgehead atoms. The molecule has 6 nitrogen and oxygen atoms in total. The molecule has 0 aromatic heterocycles. The van der Waals surface area contributed by atoms with E-state index >= 15 is 0 Å². The normalized spacial score (nSPS) is 28.9. The molecule has 0 amide bonds. The minimum Gasteiger partial charge on any atom is -0.508 e. The molecule has 1 aliphatic heterocycles. The summed E-state index contributed by atoms with van der Waals surface area (Å²) in [6.45, 7) is 0. The van der Waals surface area contributed by atoms with Crippen LogP contribution in [-0.2, 0) is 21.1 Å². The maximum atomic E-state index is 11.8. The molecule has 1 aromatic rings. The molecular formula is C13H17NO5S. The molecule has 0 radical (unpaired) electrons. The van der Waals surface area contributed by atoms with Gasteiger partial charge in [-0.05, 0) is 30.5 Å². The van der Waals surface area contributed by atoms with Crippen molar-refractivity contribution in [3.05, 3.63) is 29.8 Å². The average molecular weight is 299 g/mol. The highest BCUT2D eigenvalue weighted by atomic mass is 32.2. The van der Waals surface area contributed by atoms with Crippen LogP contribution in [0.2, 0.25) is 0 Å². The van der Waals surface area contributed by atoms with Crippen LogP contribution in [0.25, 0.3) is 0 Å². The summed E-state index contributed by atoms with van der Waals surface area (Å²) >= 11 is 0. The Morgan fingerprint density at radius 2 is 1.95 bits per heavy atom. The average Bonchev–Trinajstić information content (AvgIpc) is 2.36. The number of carbonyl (C=O) groups is 1. The van der Waals surface area contributed by atoms with Gasteiger partial charge in [0.25, 0.3) is 0 Å². The van der Waals surface area contributed by atoms with Gasteiger partial charge in [-0.2, -0.15) is 0 Å². The fraction of sp³-hybridized carbons (Fsp3) is 0.462. The molecular weight excluding hydrogens is 282 g/mol. The summed E-state index contributed by atoms with van der Waals surface area (Å²) in [7, 11) is -3.41. The Hall–Kier alpha value is -1.60. The van der Waals surface area contributed by atoms with Gasteiger partial charge in [0.05, 0.1) is 11.5 Å². The second-order valence-electron chi connectivity index (χ2n) is 5.29. The lowest BCUT2D eigenvalue weighted by Crippen LogP contribution is -2.57. The van der Waals surface area contributed by atoms with Gasteiger partial charge in [0.2, 0.25) is 0 Å². The van der Waals surface area contributed by atoms with Gasteiger partial charge in [0.15, 0.2) is 9.84 Å². The number of sulfone groups is 1. The third-order valence-electron chi connectivity index (χ3n) is 3.81. The topological polar surface area (TPSA) is 118 Å². The fourth-order valence-electron chi connectivity index (χ4n) is 2.61. The first-order chi connectivity index (χ1) is 9.25. The number of rotatable bonds is 3. The molecule has 1 heterocycles. The minimum atomic E-state index is -3.41. The first kappa shape index (κ1) is 14.8. The van der Waals surface area contributed by atoms with Gasteiger partial charge in [0.1, 0.15) is 11.2 Å². The third-order valence-corrected chi connectivity index (χ3v) is 5.62. The second kappa shape index (κ2) is 5.06. The van der Waals surface area contributed by atoms with Crippen LogP contribution in [0.1, 0.15) is 12.0 Å². The third kappa shape index (κ3) is 2.78. The van der Waals surface area contributed by atoms with Crippen LogP contribution < -0.4 is 5.73 Å². The molecule has 2 unspecified atom stereocenters. The van der Waals surface area contributed by atoms with Crippen molar-refractivity contribution in [2.24, 2.45) is 11.1 Å². The molecule has 1 saturated heterocycles. The minimum absolute atomic E-state index is 0.0308. The first-order valence-electron chi connectivity index (χ1n) is 6.22. The zero-order valence-corrected chi connectivity index (χ0v) is 11.6. The predicted molar refractivity (Wildman–Crippen MR) is 73.1 cm³/mol. The molecule has 7 heteroatoms. The molecule has 2 rings (SSSR count). The molecule has 4 N–H and O–H groups in total. The lowest BCUT2D eigenvalue weighted by Gasteiger charge is -2.38. The van der Waals surface area contributed by atoms with Crippen LogP contribution in [0.4, 0.5) is 0 Å². The van der Waals surface area contributed by atoms with Crippen molar-refractivity contribution in [3.63, 3.8) is 0 Å². The Bertz CT molecular complexity index is 610. The Morgan fingerprint density at radius 1 is 1.35 bits per heavy atom. The number of nitrogens with two attached hydrogens (primary N) is 1. The summed E-state index contributed by atoms with van der Waals surface area (Å²) in [5, 5.41) is 18.7. The Kier molecular flexibility index (Phi) is 3.75. The highest BCUT2D eigenvalue weighted by Gasteiger charge is 2.50. The molecule has 1 fully saturated rings. The number of aromatic hydroxyl groups is 1. The van der Waals surface area contributed by atoms with Crippen LogP contribution in [0.15, 0.2) is 24.3 Å². The van der Waals surface area contributed by atoms with Gasteiger partial charge in [0, 0.05) is 6.04 Å². The van der Waals surface area contributed by atoms with Crippen LogP contribution in [0.3, 0.4) is 0 Å². The van der Waals surface area contributed by atoms with E-state index in [1.165, 1.54) is 12.1 Å². The number of benzene rings is 1. The van der Waals surface area contributed by atoms with E-state index in [9.17, 15) is 23.4 Å². The molecule has 0 spiro atoms. The number of aliphatic carboxylic acids is 1. The summed E-state index contributed by atoms with van der Waals surface area (Å²) in [6, 6.07) is 5.32. The van der Waals surface area contributed by atoms with Crippen molar-refractivity contribution in [3.8, 4) is 5.75 Å². The molecule has 2 atom stereocenters. The van der Waals surface area contributed by atoms with E-state index in [4.69, 9.17) is 5.73 Å². The van der Waals surface area contributed by atoms with Gasteiger partial charge in [-0.1, -0.05) is 12.1 Å². The Balaban J connectivity index is 2.38. The first-order valence-corrected chi connectivity index (χ1v) is 8.05. The number of phenolic OH excluding ortho intramolecular Hbond substituents is 1. The lowest BCUT2D eigenvalue weighted by molar-refractivity contribution is -0.149. The lowest BCUT2D eigenvalue weighted by atomic mass is 9.75. The van der Waals surface area contributed by atoms with Gasteiger partial charge < -0.3 is 15.9 Å². The highest BCUT2D eigenvalue weighted by molar-refractivity contribution is 7.91. The standard InChI is InChI=1S/C13H17NO5S/c14-11-5-6-20(18,19)8-13(11,12(16)17)7-9-1-3-10(15)4-2-9/h1-4,11,15H,5-8,14H2,(H,16,17). The zero-order chi connectivity index (χ0) is 15.0. The van der Waals surface area contributed by atoms with Crippen molar-refractivity contribution in [2.45, 2.75) is 18.9 Å². The smallest absolute Gasteiger partial charge is 0.312 e. The van der Waals surface area contributed by atoms with E-state index in [1.807, 2.05) is 0 Å². The van der Waals surface area contributed by atoms with Crippen LogP contribution in [-0.4, -0.2) is 42.1 Å². The van der Waals surface area contributed by atoms with Crippen molar-refractivity contribution in [1.82, 2.24) is 0 Å². The van der Waals surface area contributed by atoms with Crippen molar-refractivity contribution in [1.29, 1.82) is 0 Å². The number of hydrogen-bond donors (Lipinski definition) is 3. The van der Waals surface area contributed by atoms with Gasteiger partial charge in [-0.3, -0.25) is 4.79 Å². The highest BCUT2D eigenvalue weighted by Crippen LogP contribution is 2.35. The number of carboxylic acids is 1. The summed E-state index contributed by atoms with van der Waals surface area (Å²) in [5.74, 6) is -1.64. The van der Waals surface area contributed by atoms with E-state index in [1.54, 1.807) is 12.1 Å². The van der Waals surface area contributed by atoms with Crippen LogP contribution in [0, 0.1) is 5.41 Å². The van der Waals surface area contributed by atoms with Gasteiger partial charge >= 0.3 is 5.97 Å². The maximum Gasteiger partial charge on any atom is 0.312 e. The summed E-state index contributed by atoms with van der Waals surface area (Å²) < 4.78 is 23.6. The van der Waals surface area contributed by atoms with E-state index in [0.29, 0.717) is 5.56 Å². The molecule has 110 valence electrons. The monoisotopic (exact) mass is 299 g/mol. The number of carboxylic acid groups (broad SMARTS) is 1.